The molecule has 3 heterocycles. The fraction of sp³-hybridized carbons (Fsp3) is 0.405. The summed E-state index contributed by atoms with van der Waals surface area (Å²) >= 11 is 0. The summed E-state index contributed by atoms with van der Waals surface area (Å²) < 4.78 is 37.0. The smallest absolute Gasteiger partial charge is 0.169 e. The molecule has 0 unspecified atom stereocenters. The number of hydrogen-bond acceptors (Lipinski definition) is 6. The van der Waals surface area contributed by atoms with Gasteiger partial charge in [0.25, 0.3) is 0 Å². The monoisotopic (exact) mass is 610 g/mol. The first-order valence-corrected chi connectivity index (χ1v) is 15.7. The molecule has 2 aromatic heterocycles. The van der Waals surface area contributed by atoms with E-state index in [1.165, 1.54) is 6.07 Å². The van der Waals surface area contributed by atoms with Crippen molar-refractivity contribution < 1.29 is 18.6 Å². The Balaban J connectivity index is 1.49. The van der Waals surface area contributed by atoms with E-state index in [-0.39, 0.29) is 5.54 Å². The number of aromatic nitrogens is 3. The first-order chi connectivity index (χ1) is 21.5. The Labute approximate surface area is 264 Å². The van der Waals surface area contributed by atoms with E-state index >= 15 is 4.39 Å². The van der Waals surface area contributed by atoms with Crippen LogP contribution in [0.25, 0.3) is 33.1 Å². The van der Waals surface area contributed by atoms with Crippen LogP contribution in [0.1, 0.15) is 50.4 Å². The largest absolute Gasteiger partial charge is 0.492 e. The van der Waals surface area contributed by atoms with Crippen LogP contribution < -0.4 is 14.2 Å². The maximum atomic E-state index is 16.5. The highest BCUT2D eigenvalue weighted by Gasteiger charge is 2.29. The first-order valence-electron chi connectivity index (χ1n) is 15.7. The number of fused-ring (bicyclic) bond motifs is 3. The van der Waals surface area contributed by atoms with E-state index in [9.17, 15) is 0 Å². The van der Waals surface area contributed by atoms with Gasteiger partial charge < -0.3 is 19.1 Å². The molecule has 0 amide bonds. The Morgan fingerprint density at radius 2 is 1.64 bits per heavy atom. The van der Waals surface area contributed by atoms with Crippen LogP contribution in [0.2, 0.25) is 0 Å². The van der Waals surface area contributed by atoms with Gasteiger partial charge in [-0.3, -0.25) is 0 Å². The molecule has 6 rings (SSSR count). The summed E-state index contributed by atoms with van der Waals surface area (Å²) in [5.74, 6) is 1.69. The second kappa shape index (κ2) is 12.3. The SMILES string of the molecule is COc1c(OCC2CCN(C)CC2)cc(F)c2c(-c3ccc(OCc4ccccc4)c(C)c3)nc3c(c(C)nn3C(C)(C)C)c12. The van der Waals surface area contributed by atoms with Crippen LogP contribution in [0.3, 0.4) is 0 Å². The summed E-state index contributed by atoms with van der Waals surface area (Å²) in [5, 5.41) is 6.69. The lowest BCUT2D eigenvalue weighted by Gasteiger charge is -2.29. The van der Waals surface area contributed by atoms with Crippen molar-refractivity contribution >= 4 is 21.8 Å². The van der Waals surface area contributed by atoms with Gasteiger partial charge in [-0.15, -0.1) is 0 Å². The van der Waals surface area contributed by atoms with Gasteiger partial charge in [-0.2, -0.15) is 5.10 Å². The molecule has 7 nitrogen and oxygen atoms in total. The van der Waals surface area contributed by atoms with Gasteiger partial charge >= 0.3 is 0 Å². The Morgan fingerprint density at radius 3 is 2.31 bits per heavy atom. The third-order valence-electron chi connectivity index (χ3n) is 8.78. The second-order valence-electron chi connectivity index (χ2n) is 13.3. The van der Waals surface area contributed by atoms with E-state index in [2.05, 4.69) is 32.7 Å². The molecule has 236 valence electrons. The third-order valence-corrected chi connectivity index (χ3v) is 8.78. The maximum absolute atomic E-state index is 16.5. The van der Waals surface area contributed by atoms with Gasteiger partial charge in [-0.25, -0.2) is 14.1 Å². The molecule has 8 heteroatoms. The van der Waals surface area contributed by atoms with Gasteiger partial charge in [0.05, 0.1) is 36.0 Å². The van der Waals surface area contributed by atoms with Crippen LogP contribution in [0.5, 0.6) is 17.2 Å². The van der Waals surface area contributed by atoms with E-state index in [1.807, 2.05) is 67.1 Å². The normalized spacial score (nSPS) is 14.8. The third kappa shape index (κ3) is 6.08. The number of rotatable bonds is 8. The molecule has 1 fully saturated rings. The highest BCUT2D eigenvalue weighted by molar-refractivity contribution is 6.15. The Kier molecular flexibility index (Phi) is 8.44. The van der Waals surface area contributed by atoms with Crippen molar-refractivity contribution in [3.63, 3.8) is 0 Å². The van der Waals surface area contributed by atoms with E-state index < -0.39 is 5.82 Å². The van der Waals surface area contributed by atoms with Crippen LogP contribution in [0, 0.1) is 25.6 Å². The minimum absolute atomic E-state index is 0.358. The van der Waals surface area contributed by atoms with Gasteiger partial charge in [0.2, 0.25) is 0 Å². The maximum Gasteiger partial charge on any atom is 0.169 e. The van der Waals surface area contributed by atoms with Gasteiger partial charge in [-0.1, -0.05) is 30.3 Å². The van der Waals surface area contributed by atoms with E-state index in [1.54, 1.807) is 7.11 Å². The number of piperidine rings is 1. The van der Waals surface area contributed by atoms with Crippen molar-refractivity contribution in [1.82, 2.24) is 19.7 Å². The fourth-order valence-electron chi connectivity index (χ4n) is 6.27. The summed E-state index contributed by atoms with van der Waals surface area (Å²) in [4.78, 5) is 7.47. The molecule has 45 heavy (non-hydrogen) atoms. The fourth-order valence-corrected chi connectivity index (χ4v) is 6.27. The highest BCUT2D eigenvalue weighted by atomic mass is 19.1. The molecular weight excluding hydrogens is 567 g/mol. The molecule has 0 saturated carbocycles. The van der Waals surface area contributed by atoms with Crippen molar-refractivity contribution in [2.24, 2.45) is 5.92 Å². The summed E-state index contributed by atoms with van der Waals surface area (Å²) in [6.07, 6.45) is 2.10. The zero-order chi connectivity index (χ0) is 31.9. The summed E-state index contributed by atoms with van der Waals surface area (Å²) in [5.41, 5.74) is 4.41. The molecule has 3 aromatic carbocycles. The molecule has 5 aromatic rings. The number of benzene rings is 3. The van der Waals surface area contributed by atoms with Crippen LogP contribution in [-0.2, 0) is 12.1 Å². The number of ether oxygens (including phenoxy) is 3. The number of pyridine rings is 1. The predicted molar refractivity (Wildman–Crippen MR) is 178 cm³/mol. The molecular formula is C37H43FN4O3. The lowest BCUT2D eigenvalue weighted by atomic mass is 9.97. The lowest BCUT2D eigenvalue weighted by molar-refractivity contribution is 0.157. The molecule has 1 aliphatic rings. The van der Waals surface area contributed by atoms with Gasteiger partial charge in [0, 0.05) is 22.4 Å². The second-order valence-corrected chi connectivity index (χ2v) is 13.3. The molecule has 0 atom stereocenters. The van der Waals surface area contributed by atoms with E-state index in [0.717, 1.165) is 59.5 Å². The van der Waals surface area contributed by atoms with Crippen molar-refractivity contribution in [2.75, 3.05) is 33.9 Å². The standard InChI is InChI=1S/C37H43FN4O3/c1-23-19-27(13-14-29(23)44-21-25-11-9-8-10-12-25)34-32-28(38)20-30(45-22-26-15-17-41(6)18-16-26)35(43-7)33(32)31-24(2)40-42(36(31)39-34)37(3,4)5/h8-14,19-20,26H,15-18,21-22H2,1-7H3. The van der Waals surface area contributed by atoms with Crippen LogP contribution in [0.15, 0.2) is 54.6 Å². The van der Waals surface area contributed by atoms with E-state index in [0.29, 0.717) is 52.7 Å². The summed E-state index contributed by atoms with van der Waals surface area (Å²) in [7, 11) is 3.76. The Morgan fingerprint density at radius 1 is 0.911 bits per heavy atom. The molecule has 1 saturated heterocycles. The molecule has 0 radical (unpaired) electrons. The van der Waals surface area contributed by atoms with Crippen molar-refractivity contribution in [3.05, 3.63) is 77.2 Å². The number of nitrogens with zero attached hydrogens (tertiary/aromatic N) is 4. The van der Waals surface area contributed by atoms with Gasteiger partial charge in [0.15, 0.2) is 17.1 Å². The van der Waals surface area contributed by atoms with Gasteiger partial charge in [0.1, 0.15) is 18.2 Å². The molecule has 0 bridgehead atoms. The minimum Gasteiger partial charge on any atom is -0.492 e. The Bertz CT molecular complexity index is 1840. The lowest BCUT2D eigenvalue weighted by Crippen LogP contribution is -2.32. The number of halogens is 1. The summed E-state index contributed by atoms with van der Waals surface area (Å²) in [6, 6.07) is 17.4. The number of methoxy groups -OCH3 is 1. The molecule has 0 spiro atoms. The highest BCUT2D eigenvalue weighted by Crippen LogP contribution is 2.46. The zero-order valence-electron chi connectivity index (χ0n) is 27.4. The topological polar surface area (TPSA) is 61.6 Å². The van der Waals surface area contributed by atoms with Crippen molar-refractivity contribution in [1.29, 1.82) is 0 Å². The number of aryl methyl sites for hydroxylation is 2. The average molecular weight is 611 g/mol. The zero-order valence-corrected chi connectivity index (χ0v) is 27.4. The quantitative estimate of drug-likeness (QED) is 0.177. The van der Waals surface area contributed by atoms with Crippen LogP contribution >= 0.6 is 0 Å². The van der Waals surface area contributed by atoms with Crippen molar-refractivity contribution in [2.45, 2.75) is 59.6 Å². The number of hydrogen-bond donors (Lipinski definition) is 0. The first kappa shape index (κ1) is 30.8. The minimum atomic E-state index is -0.404. The van der Waals surface area contributed by atoms with E-state index in [4.69, 9.17) is 24.3 Å². The van der Waals surface area contributed by atoms with Gasteiger partial charge in [-0.05, 0) is 103 Å². The molecule has 0 aliphatic carbocycles. The average Bonchev–Trinajstić information content (AvgIpc) is 3.37. The summed E-state index contributed by atoms with van der Waals surface area (Å²) in [6.45, 7) is 13.3. The van der Waals surface area contributed by atoms with Crippen LogP contribution in [-0.4, -0.2) is 53.5 Å². The molecule has 1 aliphatic heterocycles. The Hall–Kier alpha value is -4.17. The van der Waals surface area contributed by atoms with Crippen LogP contribution in [0.4, 0.5) is 4.39 Å². The predicted octanol–water partition coefficient (Wildman–Crippen LogP) is 8.07. The number of likely N-dealkylation sites (tertiary alicyclic amines) is 1. The van der Waals surface area contributed by atoms with Crippen molar-refractivity contribution in [3.8, 4) is 28.5 Å². The molecule has 0 N–H and O–H groups in total.